The molecule has 0 spiro atoms. The van der Waals surface area contributed by atoms with Crippen LogP contribution in [0.4, 0.5) is 5.69 Å². The number of aromatic nitrogens is 1. The van der Waals surface area contributed by atoms with Crippen LogP contribution in [0.15, 0.2) is 18.5 Å². The van der Waals surface area contributed by atoms with Crippen molar-refractivity contribution in [1.82, 2.24) is 9.88 Å². The minimum absolute atomic E-state index is 0.0221. The summed E-state index contributed by atoms with van der Waals surface area (Å²) in [6.45, 7) is 0.954. The summed E-state index contributed by atoms with van der Waals surface area (Å²) >= 11 is 0. The lowest BCUT2D eigenvalue weighted by Gasteiger charge is -2.16. The highest BCUT2D eigenvalue weighted by atomic mass is 15.0. The SMILES string of the molecule is CN(C)CCC(N)c1cnccc1N. The van der Waals surface area contributed by atoms with Gasteiger partial charge in [0.15, 0.2) is 0 Å². The van der Waals surface area contributed by atoms with Gasteiger partial charge in [0, 0.05) is 29.7 Å². The molecule has 4 nitrogen and oxygen atoms in total. The molecule has 0 aliphatic rings. The van der Waals surface area contributed by atoms with E-state index in [9.17, 15) is 0 Å². The first-order valence-corrected chi connectivity index (χ1v) is 4.71. The van der Waals surface area contributed by atoms with Crippen LogP contribution in [0, 0.1) is 0 Å². The Morgan fingerprint density at radius 1 is 1.50 bits per heavy atom. The van der Waals surface area contributed by atoms with Crippen LogP contribution in [0.2, 0.25) is 0 Å². The van der Waals surface area contributed by atoms with E-state index < -0.39 is 0 Å². The van der Waals surface area contributed by atoms with E-state index in [-0.39, 0.29) is 6.04 Å². The van der Waals surface area contributed by atoms with E-state index >= 15 is 0 Å². The Bertz CT molecular complexity index is 285. The lowest BCUT2D eigenvalue weighted by Crippen LogP contribution is -2.20. The molecule has 0 saturated heterocycles. The van der Waals surface area contributed by atoms with Crippen molar-refractivity contribution in [2.24, 2.45) is 5.73 Å². The van der Waals surface area contributed by atoms with Gasteiger partial charge in [0.25, 0.3) is 0 Å². The van der Waals surface area contributed by atoms with Crippen LogP contribution in [0.25, 0.3) is 0 Å². The van der Waals surface area contributed by atoms with Gasteiger partial charge in [0.1, 0.15) is 0 Å². The quantitative estimate of drug-likeness (QED) is 0.737. The summed E-state index contributed by atoms with van der Waals surface area (Å²) < 4.78 is 0. The van der Waals surface area contributed by atoms with E-state index in [1.807, 2.05) is 14.1 Å². The Morgan fingerprint density at radius 2 is 2.21 bits per heavy atom. The van der Waals surface area contributed by atoms with Crippen molar-refractivity contribution in [3.8, 4) is 0 Å². The molecule has 0 aliphatic carbocycles. The van der Waals surface area contributed by atoms with Crippen LogP contribution < -0.4 is 11.5 Å². The van der Waals surface area contributed by atoms with Gasteiger partial charge in [-0.1, -0.05) is 0 Å². The van der Waals surface area contributed by atoms with Crippen LogP contribution in [-0.2, 0) is 0 Å². The normalized spacial score (nSPS) is 13.1. The third-order valence-electron chi connectivity index (χ3n) is 2.17. The first kappa shape index (κ1) is 10.9. The van der Waals surface area contributed by atoms with Crippen molar-refractivity contribution in [3.63, 3.8) is 0 Å². The second-order valence-electron chi connectivity index (χ2n) is 3.70. The number of nitrogen functional groups attached to an aromatic ring is 1. The number of anilines is 1. The van der Waals surface area contributed by atoms with Gasteiger partial charge < -0.3 is 16.4 Å². The minimum Gasteiger partial charge on any atom is -0.398 e. The topological polar surface area (TPSA) is 68.2 Å². The van der Waals surface area contributed by atoms with E-state index in [0.717, 1.165) is 24.2 Å². The van der Waals surface area contributed by atoms with Gasteiger partial charge in [-0.05, 0) is 33.1 Å². The fraction of sp³-hybridized carbons (Fsp3) is 0.500. The highest BCUT2D eigenvalue weighted by Crippen LogP contribution is 2.19. The smallest absolute Gasteiger partial charge is 0.0393 e. The molecule has 14 heavy (non-hydrogen) atoms. The Hall–Kier alpha value is -1.13. The molecule has 78 valence electrons. The van der Waals surface area contributed by atoms with Gasteiger partial charge in [-0.3, -0.25) is 4.98 Å². The zero-order chi connectivity index (χ0) is 10.6. The standard InChI is InChI=1S/C10H18N4/c1-14(2)6-4-10(12)8-7-13-5-3-9(8)11/h3,5,7,10H,4,6,12H2,1-2H3,(H2,11,13). The van der Waals surface area contributed by atoms with Crippen molar-refractivity contribution in [2.45, 2.75) is 12.5 Å². The molecule has 0 amide bonds. The van der Waals surface area contributed by atoms with E-state index in [4.69, 9.17) is 11.5 Å². The first-order valence-electron chi connectivity index (χ1n) is 4.71. The van der Waals surface area contributed by atoms with Crippen molar-refractivity contribution in [1.29, 1.82) is 0 Å². The third kappa shape index (κ3) is 2.97. The molecule has 0 saturated carbocycles. The van der Waals surface area contributed by atoms with Crippen LogP contribution in [-0.4, -0.2) is 30.5 Å². The van der Waals surface area contributed by atoms with E-state index in [0.29, 0.717) is 0 Å². The molecule has 0 fully saturated rings. The fourth-order valence-corrected chi connectivity index (χ4v) is 1.28. The molecular weight excluding hydrogens is 176 g/mol. The Kier molecular flexibility index (Phi) is 3.85. The molecule has 4 heteroatoms. The van der Waals surface area contributed by atoms with E-state index in [1.165, 1.54) is 0 Å². The molecule has 1 rings (SSSR count). The van der Waals surface area contributed by atoms with Crippen molar-refractivity contribution < 1.29 is 0 Å². The van der Waals surface area contributed by atoms with E-state index in [2.05, 4.69) is 9.88 Å². The molecule has 1 heterocycles. The van der Waals surface area contributed by atoms with Crippen molar-refractivity contribution >= 4 is 5.69 Å². The molecule has 1 unspecified atom stereocenters. The number of hydrogen-bond acceptors (Lipinski definition) is 4. The summed E-state index contributed by atoms with van der Waals surface area (Å²) in [5.74, 6) is 0. The Morgan fingerprint density at radius 3 is 2.79 bits per heavy atom. The summed E-state index contributed by atoms with van der Waals surface area (Å²) in [4.78, 5) is 6.12. The Balaban J connectivity index is 2.60. The lowest BCUT2D eigenvalue weighted by molar-refractivity contribution is 0.382. The molecule has 1 aromatic heterocycles. The predicted octanol–water partition coefficient (Wildman–Crippen LogP) is 0.615. The van der Waals surface area contributed by atoms with Crippen LogP contribution in [0.3, 0.4) is 0 Å². The monoisotopic (exact) mass is 194 g/mol. The molecule has 1 atom stereocenters. The molecule has 1 aromatic rings. The largest absolute Gasteiger partial charge is 0.398 e. The lowest BCUT2D eigenvalue weighted by atomic mass is 10.1. The summed E-state index contributed by atoms with van der Waals surface area (Å²) in [7, 11) is 4.05. The maximum Gasteiger partial charge on any atom is 0.0393 e. The van der Waals surface area contributed by atoms with Crippen molar-refractivity contribution in [3.05, 3.63) is 24.0 Å². The van der Waals surface area contributed by atoms with E-state index in [1.54, 1.807) is 18.5 Å². The summed E-state index contributed by atoms with van der Waals surface area (Å²) in [5.41, 5.74) is 13.5. The molecule has 0 aromatic carbocycles. The third-order valence-corrected chi connectivity index (χ3v) is 2.17. The maximum atomic E-state index is 6.00. The number of nitrogens with zero attached hydrogens (tertiary/aromatic N) is 2. The zero-order valence-corrected chi connectivity index (χ0v) is 8.77. The highest BCUT2D eigenvalue weighted by molar-refractivity contribution is 5.45. The van der Waals surface area contributed by atoms with Crippen LogP contribution in [0.5, 0.6) is 0 Å². The molecule has 0 aliphatic heterocycles. The number of hydrogen-bond donors (Lipinski definition) is 2. The van der Waals surface area contributed by atoms with Gasteiger partial charge >= 0.3 is 0 Å². The molecule has 0 bridgehead atoms. The van der Waals surface area contributed by atoms with Gasteiger partial charge in [0.2, 0.25) is 0 Å². The van der Waals surface area contributed by atoms with Gasteiger partial charge in [0.05, 0.1) is 0 Å². The van der Waals surface area contributed by atoms with Crippen LogP contribution in [0.1, 0.15) is 18.0 Å². The van der Waals surface area contributed by atoms with Gasteiger partial charge in [-0.2, -0.15) is 0 Å². The fourth-order valence-electron chi connectivity index (χ4n) is 1.28. The van der Waals surface area contributed by atoms with Gasteiger partial charge in [-0.25, -0.2) is 0 Å². The summed E-state index contributed by atoms with van der Waals surface area (Å²) in [6.07, 6.45) is 4.32. The highest BCUT2D eigenvalue weighted by Gasteiger charge is 2.09. The number of rotatable bonds is 4. The first-order chi connectivity index (χ1) is 6.61. The molecular formula is C10H18N4. The number of pyridine rings is 1. The summed E-state index contributed by atoms with van der Waals surface area (Å²) in [5, 5.41) is 0. The number of nitrogens with two attached hydrogens (primary N) is 2. The van der Waals surface area contributed by atoms with Gasteiger partial charge in [-0.15, -0.1) is 0 Å². The predicted molar refractivity (Wildman–Crippen MR) is 58.7 cm³/mol. The zero-order valence-electron chi connectivity index (χ0n) is 8.77. The average Bonchev–Trinajstić information content (AvgIpc) is 2.15. The Labute approximate surface area is 84.9 Å². The molecule has 4 N–H and O–H groups in total. The second kappa shape index (κ2) is 4.93. The second-order valence-corrected chi connectivity index (χ2v) is 3.70. The minimum atomic E-state index is -0.0221. The summed E-state index contributed by atoms with van der Waals surface area (Å²) in [6, 6.07) is 1.76. The maximum absolute atomic E-state index is 6.00. The molecule has 0 radical (unpaired) electrons. The van der Waals surface area contributed by atoms with Crippen LogP contribution >= 0.6 is 0 Å². The average molecular weight is 194 g/mol. The van der Waals surface area contributed by atoms with Crippen molar-refractivity contribution in [2.75, 3.05) is 26.4 Å².